The molecule has 0 bridgehead atoms. The van der Waals surface area contributed by atoms with Crippen LogP contribution in [0.15, 0.2) is 224 Å². The molecule has 0 saturated heterocycles. The lowest BCUT2D eigenvalue weighted by atomic mass is 9.66. The molecule has 3 nitrogen and oxygen atoms in total. The van der Waals surface area contributed by atoms with Crippen LogP contribution >= 0.6 is 0 Å². The molecule has 284 valence electrons. The number of benzene rings is 9. The van der Waals surface area contributed by atoms with Crippen LogP contribution in [0, 0.1) is 0 Å². The third-order valence-corrected chi connectivity index (χ3v) is 12.6. The first-order valence-electron chi connectivity index (χ1n) is 20.9. The Labute approximate surface area is 355 Å². The normalized spacial score (nSPS) is 12.7. The lowest BCUT2D eigenvalue weighted by molar-refractivity contribution is 0.775. The van der Waals surface area contributed by atoms with Gasteiger partial charge >= 0.3 is 0 Å². The molecular weight excluding hydrogens is 739 g/mol. The van der Waals surface area contributed by atoms with Crippen molar-refractivity contribution in [2.24, 2.45) is 0 Å². The van der Waals surface area contributed by atoms with Crippen LogP contribution in [0.1, 0.15) is 22.3 Å². The molecule has 0 saturated carbocycles. The van der Waals surface area contributed by atoms with Gasteiger partial charge < -0.3 is 0 Å². The summed E-state index contributed by atoms with van der Waals surface area (Å²) in [4.78, 5) is 16.0. The zero-order chi connectivity index (χ0) is 40.3. The maximum absolute atomic E-state index is 5.40. The van der Waals surface area contributed by atoms with Gasteiger partial charge in [0, 0.05) is 16.7 Å². The average molecular weight is 776 g/mol. The van der Waals surface area contributed by atoms with Gasteiger partial charge in [-0.15, -0.1) is 0 Å². The molecule has 0 aliphatic heterocycles. The number of hydrogen-bond acceptors (Lipinski definition) is 3. The first-order chi connectivity index (χ1) is 30.3. The second-order valence-electron chi connectivity index (χ2n) is 15.9. The molecule has 0 N–H and O–H groups in total. The Bertz CT molecular complexity index is 3230. The van der Waals surface area contributed by atoms with Crippen LogP contribution in [-0.2, 0) is 5.41 Å². The van der Waals surface area contributed by atoms with Crippen LogP contribution in [0.5, 0.6) is 0 Å². The number of rotatable bonds is 5. The highest BCUT2D eigenvalue weighted by atomic mass is 15.0. The van der Waals surface area contributed by atoms with Crippen molar-refractivity contribution in [1.29, 1.82) is 0 Å². The molecule has 0 atom stereocenters. The molecule has 3 heteroatoms. The molecule has 2 aliphatic rings. The molecule has 0 fully saturated rings. The third-order valence-electron chi connectivity index (χ3n) is 12.6. The van der Waals surface area contributed by atoms with Crippen LogP contribution in [0.3, 0.4) is 0 Å². The standard InChI is InChI=1S/C58H37N3/c1-3-17-38(18-4-1)40-33-35-41(36-34-40)55-59-56(43-22-15-21-42(37-43)39-19-5-2-6-20-39)61-57(60-55)49-28-16-32-53-54(49)48-27-11-14-31-52(48)58(53)50-29-12-9-25-46(50)44-23-7-8-24-45(44)47-26-10-13-30-51(47)58/h1-37H. The molecule has 12 rings (SSSR count). The fourth-order valence-corrected chi connectivity index (χ4v) is 9.95. The summed E-state index contributed by atoms with van der Waals surface area (Å²) in [6.07, 6.45) is 0. The Morgan fingerprint density at radius 1 is 0.230 bits per heavy atom. The van der Waals surface area contributed by atoms with Crippen molar-refractivity contribution in [3.8, 4) is 89.8 Å². The first kappa shape index (κ1) is 35.0. The van der Waals surface area contributed by atoms with E-state index in [9.17, 15) is 0 Å². The van der Waals surface area contributed by atoms with Gasteiger partial charge in [0.15, 0.2) is 17.5 Å². The molecule has 9 aromatic carbocycles. The molecular formula is C58H37N3. The summed E-state index contributed by atoms with van der Waals surface area (Å²) in [7, 11) is 0. The van der Waals surface area contributed by atoms with Crippen LogP contribution < -0.4 is 0 Å². The van der Waals surface area contributed by atoms with Gasteiger partial charge in [-0.05, 0) is 84.0 Å². The van der Waals surface area contributed by atoms with E-state index in [1.807, 2.05) is 12.1 Å². The fraction of sp³-hybridized carbons (Fsp3) is 0.0172. The summed E-state index contributed by atoms with van der Waals surface area (Å²) in [5, 5.41) is 0. The second-order valence-corrected chi connectivity index (χ2v) is 15.9. The van der Waals surface area contributed by atoms with Crippen LogP contribution in [-0.4, -0.2) is 15.0 Å². The molecule has 10 aromatic rings. The number of hydrogen-bond donors (Lipinski definition) is 0. The Hall–Kier alpha value is -8.01. The van der Waals surface area contributed by atoms with E-state index in [0.29, 0.717) is 17.5 Å². The summed E-state index contributed by atoms with van der Waals surface area (Å²) in [6, 6.07) is 80.6. The van der Waals surface area contributed by atoms with E-state index in [0.717, 1.165) is 38.9 Å². The smallest absolute Gasteiger partial charge is 0.164 e. The summed E-state index contributed by atoms with van der Waals surface area (Å²) >= 11 is 0. The molecule has 1 spiro atoms. The number of aromatic nitrogens is 3. The van der Waals surface area contributed by atoms with Gasteiger partial charge in [0.05, 0.1) is 5.41 Å². The van der Waals surface area contributed by atoms with E-state index in [1.54, 1.807) is 0 Å². The van der Waals surface area contributed by atoms with Crippen molar-refractivity contribution >= 4 is 0 Å². The van der Waals surface area contributed by atoms with E-state index in [2.05, 4.69) is 212 Å². The summed E-state index contributed by atoms with van der Waals surface area (Å²) in [5.41, 5.74) is 19.1. The molecule has 1 heterocycles. The highest BCUT2D eigenvalue weighted by molar-refractivity contribution is 6.00. The van der Waals surface area contributed by atoms with Gasteiger partial charge in [0.25, 0.3) is 0 Å². The highest BCUT2D eigenvalue weighted by Crippen LogP contribution is 2.62. The monoisotopic (exact) mass is 775 g/mol. The molecule has 2 aliphatic carbocycles. The van der Waals surface area contributed by atoms with Crippen LogP contribution in [0.4, 0.5) is 0 Å². The Morgan fingerprint density at radius 2 is 0.607 bits per heavy atom. The molecule has 0 radical (unpaired) electrons. The fourth-order valence-electron chi connectivity index (χ4n) is 9.95. The molecule has 61 heavy (non-hydrogen) atoms. The predicted octanol–water partition coefficient (Wildman–Crippen LogP) is 14.2. The van der Waals surface area contributed by atoms with Crippen LogP contribution in [0.2, 0.25) is 0 Å². The van der Waals surface area contributed by atoms with E-state index < -0.39 is 5.41 Å². The van der Waals surface area contributed by atoms with E-state index >= 15 is 0 Å². The van der Waals surface area contributed by atoms with Crippen molar-refractivity contribution in [1.82, 2.24) is 15.0 Å². The minimum atomic E-state index is -0.607. The first-order valence-corrected chi connectivity index (χ1v) is 20.9. The minimum absolute atomic E-state index is 0.607. The van der Waals surface area contributed by atoms with Crippen molar-refractivity contribution in [2.45, 2.75) is 5.41 Å². The van der Waals surface area contributed by atoms with Gasteiger partial charge in [0.2, 0.25) is 0 Å². The largest absolute Gasteiger partial charge is 0.208 e. The van der Waals surface area contributed by atoms with Gasteiger partial charge in [-0.25, -0.2) is 15.0 Å². The van der Waals surface area contributed by atoms with E-state index in [-0.39, 0.29) is 0 Å². The molecule has 1 aromatic heterocycles. The maximum atomic E-state index is 5.40. The molecule has 0 amide bonds. The van der Waals surface area contributed by atoms with Gasteiger partial charge in [0.1, 0.15) is 0 Å². The summed E-state index contributed by atoms with van der Waals surface area (Å²) < 4.78 is 0. The highest BCUT2D eigenvalue weighted by Gasteiger charge is 2.50. The third kappa shape index (κ3) is 5.48. The quantitative estimate of drug-likeness (QED) is 0.175. The topological polar surface area (TPSA) is 38.7 Å². The lowest BCUT2D eigenvalue weighted by Gasteiger charge is -2.35. The van der Waals surface area contributed by atoms with Gasteiger partial charge in [-0.2, -0.15) is 0 Å². The van der Waals surface area contributed by atoms with Crippen molar-refractivity contribution in [3.05, 3.63) is 247 Å². The van der Waals surface area contributed by atoms with Crippen molar-refractivity contribution in [3.63, 3.8) is 0 Å². The molecule has 0 unspecified atom stereocenters. The number of fused-ring (bicyclic) bond motifs is 12. The van der Waals surface area contributed by atoms with Gasteiger partial charge in [-0.3, -0.25) is 0 Å². The minimum Gasteiger partial charge on any atom is -0.208 e. The average Bonchev–Trinajstić information content (AvgIpc) is 3.59. The van der Waals surface area contributed by atoms with Crippen LogP contribution in [0.25, 0.3) is 89.8 Å². The summed E-state index contributed by atoms with van der Waals surface area (Å²) in [6.45, 7) is 0. The predicted molar refractivity (Wildman–Crippen MR) is 249 cm³/mol. The summed E-state index contributed by atoms with van der Waals surface area (Å²) in [5.74, 6) is 1.90. The van der Waals surface area contributed by atoms with Gasteiger partial charge in [-0.1, -0.05) is 218 Å². The number of nitrogens with zero attached hydrogens (tertiary/aromatic N) is 3. The second kappa shape index (κ2) is 14.1. The SMILES string of the molecule is c1ccc(-c2ccc(-c3nc(-c4cccc(-c5ccccc5)c4)nc(-c4cccc5c4-c4ccccc4C54c5ccccc5-c5ccccc5-c5ccccc54)n3)cc2)cc1. The van der Waals surface area contributed by atoms with E-state index in [4.69, 9.17) is 15.0 Å². The zero-order valence-corrected chi connectivity index (χ0v) is 33.2. The Morgan fingerprint density at radius 3 is 1.23 bits per heavy atom. The van der Waals surface area contributed by atoms with Crippen molar-refractivity contribution < 1.29 is 0 Å². The van der Waals surface area contributed by atoms with Crippen molar-refractivity contribution in [2.75, 3.05) is 0 Å². The maximum Gasteiger partial charge on any atom is 0.164 e. The Balaban J connectivity index is 1.12. The Kier molecular flexibility index (Phi) is 8.07. The van der Waals surface area contributed by atoms with E-state index in [1.165, 1.54) is 55.6 Å². The zero-order valence-electron chi connectivity index (χ0n) is 33.2. The lowest BCUT2D eigenvalue weighted by Crippen LogP contribution is -2.29.